The first kappa shape index (κ1) is 16.5. The number of aromatic nitrogens is 2. The van der Waals surface area contributed by atoms with Crippen molar-refractivity contribution in [1.82, 2.24) is 30.4 Å². The molecule has 1 fully saturated rings. The Labute approximate surface area is 132 Å². The summed E-state index contributed by atoms with van der Waals surface area (Å²) in [6.07, 6.45) is 0. The molecule has 23 heavy (non-hydrogen) atoms. The first-order valence-electron chi connectivity index (χ1n) is 6.92. The number of nitrogens with one attached hydrogen (secondary N) is 2. The number of nitrogens with zero attached hydrogens (tertiary/aromatic N) is 4. The molecular formula is C13H18N6O4. The molecule has 2 heterocycles. The van der Waals surface area contributed by atoms with Crippen molar-refractivity contribution in [2.24, 2.45) is 0 Å². The van der Waals surface area contributed by atoms with Gasteiger partial charge in [0.2, 0.25) is 0 Å². The van der Waals surface area contributed by atoms with Crippen LogP contribution in [0.2, 0.25) is 0 Å². The van der Waals surface area contributed by atoms with E-state index in [1.165, 1.54) is 16.6 Å². The van der Waals surface area contributed by atoms with Crippen molar-refractivity contribution in [2.45, 2.75) is 20.4 Å². The van der Waals surface area contributed by atoms with E-state index in [0.717, 1.165) is 16.3 Å². The Morgan fingerprint density at radius 3 is 2.26 bits per heavy atom. The van der Waals surface area contributed by atoms with Crippen LogP contribution in [-0.4, -0.2) is 63.5 Å². The van der Waals surface area contributed by atoms with Crippen molar-refractivity contribution >= 4 is 23.8 Å². The summed E-state index contributed by atoms with van der Waals surface area (Å²) >= 11 is 0. The van der Waals surface area contributed by atoms with Gasteiger partial charge in [-0.25, -0.2) is 4.79 Å². The molecule has 0 unspecified atom stereocenters. The fourth-order valence-corrected chi connectivity index (χ4v) is 2.16. The Kier molecular flexibility index (Phi) is 4.63. The number of likely N-dealkylation sites (N-methyl/N-ethyl adjacent to an activating group) is 1. The zero-order valence-electron chi connectivity index (χ0n) is 13.1. The molecule has 5 amide bonds. The van der Waals surface area contributed by atoms with Gasteiger partial charge in [-0.15, -0.1) is 0 Å². The average molecular weight is 322 g/mol. The lowest BCUT2D eigenvalue weighted by Crippen LogP contribution is -2.48. The van der Waals surface area contributed by atoms with Crippen LogP contribution in [0.3, 0.4) is 0 Å². The van der Waals surface area contributed by atoms with E-state index in [-0.39, 0.29) is 13.1 Å². The predicted octanol–water partition coefficient (Wildman–Crippen LogP) is -1.46. The van der Waals surface area contributed by atoms with E-state index in [0.29, 0.717) is 0 Å². The number of urea groups is 1. The van der Waals surface area contributed by atoms with E-state index in [9.17, 15) is 19.2 Å². The molecule has 1 aromatic rings. The maximum absolute atomic E-state index is 11.8. The summed E-state index contributed by atoms with van der Waals surface area (Å²) in [4.78, 5) is 48.6. The van der Waals surface area contributed by atoms with Crippen LogP contribution < -0.4 is 10.9 Å². The lowest BCUT2D eigenvalue weighted by Gasteiger charge is -2.14. The summed E-state index contributed by atoms with van der Waals surface area (Å²) in [7, 11) is 1.47. The fraction of sp³-hybridized carbons (Fsp3) is 0.462. The molecular weight excluding hydrogens is 304 g/mol. The van der Waals surface area contributed by atoms with Crippen LogP contribution in [0.25, 0.3) is 0 Å². The van der Waals surface area contributed by atoms with Gasteiger partial charge in [0.1, 0.15) is 19.6 Å². The van der Waals surface area contributed by atoms with Crippen molar-refractivity contribution in [2.75, 3.05) is 20.1 Å². The summed E-state index contributed by atoms with van der Waals surface area (Å²) in [6.45, 7) is 3.07. The first-order chi connectivity index (χ1) is 10.8. The number of hydrogen-bond acceptors (Lipinski definition) is 5. The second-order valence-electron chi connectivity index (χ2n) is 5.30. The summed E-state index contributed by atoms with van der Waals surface area (Å²) in [5, 5.41) is 4.13. The number of carbonyl (C=O) groups is 4. The van der Waals surface area contributed by atoms with Crippen molar-refractivity contribution in [3.05, 3.63) is 17.5 Å². The van der Waals surface area contributed by atoms with Crippen LogP contribution in [0.15, 0.2) is 6.07 Å². The van der Waals surface area contributed by atoms with Crippen LogP contribution in [-0.2, 0) is 20.9 Å². The van der Waals surface area contributed by atoms with Gasteiger partial charge < -0.3 is 4.90 Å². The minimum Gasteiger partial charge on any atom is -0.318 e. The molecule has 1 aliphatic rings. The van der Waals surface area contributed by atoms with Crippen LogP contribution >= 0.6 is 0 Å². The third-order valence-electron chi connectivity index (χ3n) is 3.27. The van der Waals surface area contributed by atoms with Gasteiger partial charge in [-0.2, -0.15) is 5.10 Å². The SMILES string of the molecule is Cc1cc(C)n(CC(=O)NNC(=O)CN2C(=O)CN(C)C2=O)n1. The van der Waals surface area contributed by atoms with E-state index in [2.05, 4.69) is 16.0 Å². The van der Waals surface area contributed by atoms with Gasteiger partial charge in [-0.3, -0.25) is 34.8 Å². The second kappa shape index (κ2) is 6.46. The highest BCUT2D eigenvalue weighted by Crippen LogP contribution is 2.06. The Bertz CT molecular complexity index is 667. The summed E-state index contributed by atoms with van der Waals surface area (Å²) < 4.78 is 1.50. The normalized spacial score (nSPS) is 14.4. The average Bonchev–Trinajstić information content (AvgIpc) is 2.90. The molecule has 2 N–H and O–H groups in total. The number of carbonyl (C=O) groups excluding carboxylic acids is 4. The molecule has 124 valence electrons. The third kappa shape index (κ3) is 3.84. The standard InChI is InChI=1S/C13H18N6O4/c1-8-4-9(2)19(16-8)6-11(21)15-14-10(20)5-18-12(22)7-17(3)13(18)23/h4H,5-7H2,1-3H3,(H,14,20)(H,15,21). The lowest BCUT2D eigenvalue weighted by molar-refractivity contribution is -0.133. The monoisotopic (exact) mass is 322 g/mol. The van der Waals surface area contributed by atoms with Gasteiger partial charge in [-0.1, -0.05) is 0 Å². The number of amides is 5. The molecule has 0 radical (unpaired) electrons. The van der Waals surface area contributed by atoms with Crippen LogP contribution in [0.4, 0.5) is 4.79 Å². The molecule has 2 rings (SSSR count). The summed E-state index contributed by atoms with van der Waals surface area (Å²) in [5.74, 6) is -1.59. The van der Waals surface area contributed by atoms with Gasteiger partial charge >= 0.3 is 6.03 Å². The minimum atomic E-state index is -0.663. The smallest absolute Gasteiger partial charge is 0.318 e. The molecule has 0 saturated carbocycles. The molecule has 0 atom stereocenters. The van der Waals surface area contributed by atoms with E-state index < -0.39 is 30.3 Å². The quantitative estimate of drug-likeness (QED) is 0.519. The molecule has 0 aromatic carbocycles. The highest BCUT2D eigenvalue weighted by molar-refractivity contribution is 6.04. The maximum atomic E-state index is 11.8. The molecule has 10 nitrogen and oxygen atoms in total. The maximum Gasteiger partial charge on any atom is 0.327 e. The van der Waals surface area contributed by atoms with Crippen molar-refractivity contribution < 1.29 is 19.2 Å². The molecule has 0 aliphatic carbocycles. The zero-order chi connectivity index (χ0) is 17.1. The van der Waals surface area contributed by atoms with E-state index >= 15 is 0 Å². The summed E-state index contributed by atoms with van der Waals surface area (Å²) in [6, 6.07) is 1.28. The van der Waals surface area contributed by atoms with E-state index in [1.807, 2.05) is 19.9 Å². The van der Waals surface area contributed by atoms with Crippen LogP contribution in [0, 0.1) is 13.8 Å². The molecule has 1 aromatic heterocycles. The molecule has 10 heteroatoms. The zero-order valence-corrected chi connectivity index (χ0v) is 13.1. The van der Waals surface area contributed by atoms with E-state index in [1.54, 1.807) is 0 Å². The second-order valence-corrected chi connectivity index (χ2v) is 5.30. The Balaban J connectivity index is 1.80. The van der Waals surface area contributed by atoms with Gasteiger partial charge in [0.25, 0.3) is 17.7 Å². The molecule has 0 bridgehead atoms. The van der Waals surface area contributed by atoms with E-state index in [4.69, 9.17) is 0 Å². The lowest BCUT2D eigenvalue weighted by atomic mass is 10.4. The Hall–Kier alpha value is -2.91. The molecule has 1 aliphatic heterocycles. The van der Waals surface area contributed by atoms with Gasteiger partial charge in [0, 0.05) is 12.7 Å². The van der Waals surface area contributed by atoms with Gasteiger partial charge in [-0.05, 0) is 19.9 Å². The van der Waals surface area contributed by atoms with Crippen LogP contribution in [0.5, 0.6) is 0 Å². The third-order valence-corrected chi connectivity index (χ3v) is 3.27. The van der Waals surface area contributed by atoms with Crippen molar-refractivity contribution in [1.29, 1.82) is 0 Å². The highest BCUT2D eigenvalue weighted by atomic mass is 16.2. The summed E-state index contributed by atoms with van der Waals surface area (Å²) in [5.41, 5.74) is 5.99. The number of imide groups is 1. The fourth-order valence-electron chi connectivity index (χ4n) is 2.16. The minimum absolute atomic E-state index is 0.0513. The number of aryl methyl sites for hydroxylation is 2. The predicted molar refractivity (Wildman–Crippen MR) is 77.7 cm³/mol. The number of hydrazine groups is 1. The largest absolute Gasteiger partial charge is 0.327 e. The molecule has 1 saturated heterocycles. The Morgan fingerprint density at radius 1 is 1.17 bits per heavy atom. The number of hydrogen-bond donors (Lipinski definition) is 2. The van der Waals surface area contributed by atoms with Crippen LogP contribution in [0.1, 0.15) is 11.4 Å². The highest BCUT2D eigenvalue weighted by Gasteiger charge is 2.34. The first-order valence-corrected chi connectivity index (χ1v) is 6.92. The van der Waals surface area contributed by atoms with Gasteiger partial charge in [0.15, 0.2) is 0 Å². The van der Waals surface area contributed by atoms with Crippen molar-refractivity contribution in [3.8, 4) is 0 Å². The molecule has 0 spiro atoms. The Morgan fingerprint density at radius 2 is 1.78 bits per heavy atom. The number of rotatable bonds is 4. The topological polar surface area (TPSA) is 117 Å². The van der Waals surface area contributed by atoms with Crippen molar-refractivity contribution in [3.63, 3.8) is 0 Å². The van der Waals surface area contributed by atoms with Gasteiger partial charge in [0.05, 0.1) is 5.69 Å².